The quantitative estimate of drug-likeness (QED) is 0.367. The van der Waals surface area contributed by atoms with Crippen LogP contribution in [0.4, 0.5) is 8.78 Å². The van der Waals surface area contributed by atoms with E-state index in [9.17, 15) is 8.78 Å². The van der Waals surface area contributed by atoms with Crippen molar-refractivity contribution in [3.63, 3.8) is 0 Å². The van der Waals surface area contributed by atoms with Gasteiger partial charge in [-0.05, 0) is 23.7 Å². The molecule has 0 spiro atoms. The Morgan fingerprint density at radius 3 is 1.83 bits per heavy atom. The van der Waals surface area contributed by atoms with Crippen LogP contribution >= 0.6 is 23.2 Å². The maximum Gasteiger partial charge on any atom is 0.208 e. The Morgan fingerprint density at radius 1 is 1.25 bits per heavy atom. The van der Waals surface area contributed by atoms with Gasteiger partial charge in [0, 0.05) is 0 Å². The van der Waals surface area contributed by atoms with Gasteiger partial charge in [-0.2, -0.15) is 0 Å². The second-order valence-corrected chi connectivity index (χ2v) is 2.18. The number of halogens is 4. The van der Waals surface area contributed by atoms with Gasteiger partial charge in [-0.25, -0.2) is 8.78 Å². The number of benzene rings is 1. The highest BCUT2D eigenvalue weighted by molar-refractivity contribution is 6.54. The van der Waals surface area contributed by atoms with E-state index in [0.717, 1.165) is 12.1 Å². The fraction of sp³-hybridized carbons (Fsp3) is 0. The van der Waals surface area contributed by atoms with Crippen molar-refractivity contribution < 1.29 is 13.6 Å². The van der Waals surface area contributed by atoms with Crippen molar-refractivity contribution in [2.75, 3.05) is 0 Å². The first-order valence-electron chi connectivity index (χ1n) is 2.76. The summed E-state index contributed by atoms with van der Waals surface area (Å²) in [6.07, 6.45) is 0. The molecule has 0 fully saturated rings. The molecule has 0 radical (unpaired) electrons. The molecule has 1 nitrogen and oxygen atoms in total. The number of hydrogen-bond acceptors (Lipinski definition) is 1. The van der Waals surface area contributed by atoms with Gasteiger partial charge >= 0.3 is 0 Å². The van der Waals surface area contributed by atoms with E-state index in [2.05, 4.69) is 11.6 Å². The molecule has 0 saturated carbocycles. The van der Waals surface area contributed by atoms with Crippen LogP contribution in [0.3, 0.4) is 0 Å². The zero-order chi connectivity index (χ0) is 9.56. The average Bonchev–Trinajstić information content (AvgIpc) is 2.02. The standard InChI is InChI=1S/C6H3ClF2.CHClO/c7-6-4(8)2-1-3-5(6)9;2-1-3/h1-3H;1H. The number of hydrogen-bond donors (Lipinski definition) is 0. The lowest BCUT2D eigenvalue weighted by Gasteiger charge is -1.91. The third-order valence-electron chi connectivity index (χ3n) is 0.904. The third kappa shape index (κ3) is 3.64. The molecule has 1 aromatic rings. The maximum absolute atomic E-state index is 12.2. The van der Waals surface area contributed by atoms with Crippen LogP contribution in [0.2, 0.25) is 5.02 Å². The maximum atomic E-state index is 12.2. The predicted molar refractivity (Wildman–Crippen MR) is 44.0 cm³/mol. The second kappa shape index (κ2) is 5.91. The second-order valence-electron chi connectivity index (χ2n) is 1.62. The van der Waals surface area contributed by atoms with Crippen LogP contribution in [0, 0.1) is 11.6 Å². The first kappa shape index (κ1) is 11.3. The molecule has 0 aromatic heterocycles. The van der Waals surface area contributed by atoms with Crippen molar-refractivity contribution in [1.29, 1.82) is 0 Å². The molecule has 1 aromatic carbocycles. The summed E-state index contributed by atoms with van der Waals surface area (Å²) in [6, 6.07) is 3.47. The minimum absolute atomic E-state index is 0.222. The molecular weight excluding hydrogens is 209 g/mol. The number of carbonyl (C=O) groups is 1. The van der Waals surface area contributed by atoms with Crippen LogP contribution in [0.5, 0.6) is 0 Å². The van der Waals surface area contributed by atoms with Crippen LogP contribution in [0.25, 0.3) is 0 Å². The number of carbonyl (C=O) groups excluding carboxylic acids is 1. The fourth-order valence-corrected chi connectivity index (χ4v) is 0.603. The van der Waals surface area contributed by atoms with Crippen molar-refractivity contribution in [2.45, 2.75) is 0 Å². The van der Waals surface area contributed by atoms with Gasteiger partial charge in [-0.1, -0.05) is 17.7 Å². The van der Waals surface area contributed by atoms with Crippen molar-refractivity contribution in [2.24, 2.45) is 0 Å². The summed E-state index contributed by atoms with van der Waals surface area (Å²) in [5.41, 5.74) is 0. The molecule has 0 unspecified atom stereocenters. The lowest BCUT2D eigenvalue weighted by molar-refractivity contribution is 0.569. The predicted octanol–water partition coefficient (Wildman–Crippen LogP) is 3.03. The first-order valence-corrected chi connectivity index (χ1v) is 3.58. The summed E-state index contributed by atoms with van der Waals surface area (Å²) in [5.74, 6) is -1.23. The van der Waals surface area contributed by atoms with E-state index in [0.29, 0.717) is 0 Å². The van der Waals surface area contributed by atoms with Gasteiger partial charge in [0.15, 0.2) is 0 Å². The van der Waals surface area contributed by atoms with E-state index < -0.39 is 16.7 Å². The third-order valence-corrected chi connectivity index (χ3v) is 1.27. The lowest BCUT2D eigenvalue weighted by Crippen LogP contribution is -1.79. The highest BCUT2D eigenvalue weighted by Gasteiger charge is 2.02. The Bertz CT molecular complexity index is 245. The molecule has 0 atom stereocenters. The molecule has 0 aliphatic heterocycles. The van der Waals surface area contributed by atoms with Crippen molar-refractivity contribution in [1.82, 2.24) is 0 Å². The molecule has 0 bridgehead atoms. The largest absolute Gasteiger partial charge is 0.285 e. The summed E-state index contributed by atoms with van der Waals surface area (Å²) < 4.78 is 24.4. The van der Waals surface area contributed by atoms with E-state index >= 15 is 0 Å². The van der Waals surface area contributed by atoms with Gasteiger partial charge in [0.2, 0.25) is 5.75 Å². The van der Waals surface area contributed by atoms with E-state index in [1.807, 2.05) is 0 Å². The molecule has 66 valence electrons. The molecule has 0 heterocycles. The minimum Gasteiger partial charge on any atom is -0.285 e. The van der Waals surface area contributed by atoms with Crippen LogP contribution < -0.4 is 0 Å². The Hall–Kier alpha value is -0.670. The lowest BCUT2D eigenvalue weighted by atomic mass is 10.3. The van der Waals surface area contributed by atoms with E-state index in [-0.39, 0.29) is 5.75 Å². The summed E-state index contributed by atoms with van der Waals surface area (Å²) >= 11 is 9.45. The Kier molecular flexibility index (Phi) is 5.58. The highest BCUT2D eigenvalue weighted by Crippen LogP contribution is 2.16. The monoisotopic (exact) mass is 212 g/mol. The van der Waals surface area contributed by atoms with Gasteiger partial charge in [0.25, 0.3) is 0 Å². The van der Waals surface area contributed by atoms with Gasteiger partial charge in [0.05, 0.1) is 0 Å². The Balaban J connectivity index is 0.000000354. The van der Waals surface area contributed by atoms with Crippen LogP contribution in [0.1, 0.15) is 0 Å². The molecule has 5 heteroatoms. The van der Waals surface area contributed by atoms with Crippen LogP contribution in [0.15, 0.2) is 18.2 Å². The van der Waals surface area contributed by atoms with Gasteiger partial charge < -0.3 is 0 Å². The topological polar surface area (TPSA) is 17.1 Å². The summed E-state index contributed by atoms with van der Waals surface area (Å²) in [4.78, 5) is 8.57. The van der Waals surface area contributed by atoms with Crippen molar-refractivity contribution >= 4 is 28.9 Å². The summed E-state index contributed by atoms with van der Waals surface area (Å²) in [5, 5.41) is -0.447. The first-order chi connectivity index (χ1) is 5.63. The van der Waals surface area contributed by atoms with Crippen LogP contribution in [-0.4, -0.2) is 5.75 Å². The van der Waals surface area contributed by atoms with Crippen LogP contribution in [-0.2, 0) is 4.79 Å². The summed E-state index contributed by atoms with van der Waals surface area (Å²) in [7, 11) is 0. The smallest absolute Gasteiger partial charge is 0.208 e. The zero-order valence-electron chi connectivity index (χ0n) is 5.73. The Morgan fingerprint density at radius 2 is 1.58 bits per heavy atom. The number of rotatable bonds is 0. The molecule has 0 N–H and O–H groups in total. The van der Waals surface area contributed by atoms with Crippen molar-refractivity contribution in [3.05, 3.63) is 34.9 Å². The van der Waals surface area contributed by atoms with E-state index in [1.165, 1.54) is 6.07 Å². The van der Waals surface area contributed by atoms with Crippen molar-refractivity contribution in [3.8, 4) is 0 Å². The minimum atomic E-state index is -0.725. The average molecular weight is 213 g/mol. The molecule has 1 rings (SSSR count). The molecular formula is C7H4Cl2F2O. The van der Waals surface area contributed by atoms with Gasteiger partial charge in [0.1, 0.15) is 16.7 Å². The highest BCUT2D eigenvalue weighted by atomic mass is 35.5. The zero-order valence-corrected chi connectivity index (χ0v) is 7.24. The fourth-order valence-electron chi connectivity index (χ4n) is 0.477. The molecule has 0 saturated heterocycles. The molecule has 0 aliphatic rings. The SMILES string of the molecule is Fc1cccc(F)c1Cl.O=CCl. The van der Waals surface area contributed by atoms with Gasteiger partial charge in [-0.15, -0.1) is 0 Å². The molecule has 0 aliphatic carbocycles. The van der Waals surface area contributed by atoms with E-state index in [1.54, 1.807) is 0 Å². The Labute approximate surface area is 77.9 Å². The molecule has 0 amide bonds. The molecule has 12 heavy (non-hydrogen) atoms. The van der Waals surface area contributed by atoms with Gasteiger partial charge in [-0.3, -0.25) is 4.79 Å². The summed E-state index contributed by atoms with van der Waals surface area (Å²) in [6.45, 7) is 0. The normalized spacial score (nSPS) is 8.33. The van der Waals surface area contributed by atoms with E-state index in [4.69, 9.17) is 16.4 Å².